The van der Waals surface area contributed by atoms with Crippen molar-refractivity contribution >= 4 is 34.5 Å². The van der Waals surface area contributed by atoms with Crippen molar-refractivity contribution in [2.45, 2.75) is 31.9 Å². The number of thiocarbonyl (C=S) groups is 1. The number of hydrogen-bond donors (Lipinski definition) is 2. The van der Waals surface area contributed by atoms with Gasteiger partial charge >= 0.3 is 0 Å². The summed E-state index contributed by atoms with van der Waals surface area (Å²) in [5, 5.41) is 4.09. The van der Waals surface area contributed by atoms with E-state index in [4.69, 9.17) is 34.3 Å². The standard InChI is InChI=1S/C13H17ClN2OS/c1-8-13(2,5-6-17-8)16-11-4-3-9(12(15)18)7-10(11)14/h3-4,7-8,16H,5-6H2,1-2H3,(H2,15,18). The van der Waals surface area contributed by atoms with E-state index in [1.165, 1.54) is 0 Å². The molecule has 2 atom stereocenters. The van der Waals surface area contributed by atoms with Crippen LogP contribution in [0.3, 0.4) is 0 Å². The Morgan fingerprint density at radius 3 is 2.83 bits per heavy atom. The lowest BCUT2D eigenvalue weighted by Crippen LogP contribution is -2.41. The third-order valence-corrected chi connectivity index (χ3v) is 4.11. The first-order chi connectivity index (χ1) is 8.42. The summed E-state index contributed by atoms with van der Waals surface area (Å²) in [6.07, 6.45) is 1.12. The first kappa shape index (κ1) is 13.6. The summed E-state index contributed by atoms with van der Waals surface area (Å²) in [4.78, 5) is 0.354. The van der Waals surface area contributed by atoms with E-state index in [0.717, 1.165) is 24.3 Å². The molecule has 1 heterocycles. The molecule has 1 aromatic rings. The Morgan fingerprint density at radius 2 is 2.33 bits per heavy atom. The lowest BCUT2D eigenvalue weighted by molar-refractivity contribution is 0.105. The zero-order valence-electron chi connectivity index (χ0n) is 10.5. The van der Waals surface area contributed by atoms with Crippen LogP contribution < -0.4 is 11.1 Å². The summed E-state index contributed by atoms with van der Waals surface area (Å²) in [7, 11) is 0. The van der Waals surface area contributed by atoms with Crippen molar-refractivity contribution < 1.29 is 4.74 Å². The van der Waals surface area contributed by atoms with Crippen molar-refractivity contribution in [3.63, 3.8) is 0 Å². The van der Waals surface area contributed by atoms with Gasteiger partial charge < -0.3 is 15.8 Å². The van der Waals surface area contributed by atoms with E-state index < -0.39 is 0 Å². The highest BCUT2D eigenvalue weighted by Gasteiger charge is 2.37. The maximum Gasteiger partial charge on any atom is 0.104 e. The van der Waals surface area contributed by atoms with Crippen LogP contribution in [0, 0.1) is 0 Å². The quantitative estimate of drug-likeness (QED) is 0.838. The molecule has 0 aromatic heterocycles. The van der Waals surface area contributed by atoms with Crippen LogP contribution in [0.5, 0.6) is 0 Å². The molecule has 1 aliphatic heterocycles. The summed E-state index contributed by atoms with van der Waals surface area (Å²) in [6, 6.07) is 5.57. The predicted octanol–water partition coefficient (Wildman–Crippen LogP) is 2.95. The molecule has 0 bridgehead atoms. The molecule has 1 aliphatic rings. The fourth-order valence-corrected chi connectivity index (χ4v) is 2.43. The minimum Gasteiger partial charge on any atom is -0.389 e. The number of nitrogens with two attached hydrogens (primary N) is 1. The number of hydrogen-bond acceptors (Lipinski definition) is 3. The third kappa shape index (κ3) is 2.60. The molecule has 0 aliphatic carbocycles. The third-order valence-electron chi connectivity index (χ3n) is 3.56. The van der Waals surface area contributed by atoms with Crippen LogP contribution in [-0.4, -0.2) is 23.2 Å². The van der Waals surface area contributed by atoms with Gasteiger partial charge in [0, 0.05) is 12.2 Å². The van der Waals surface area contributed by atoms with E-state index in [2.05, 4.69) is 19.2 Å². The highest BCUT2D eigenvalue weighted by atomic mass is 35.5. The van der Waals surface area contributed by atoms with Gasteiger partial charge in [-0.05, 0) is 38.5 Å². The predicted molar refractivity (Wildman–Crippen MR) is 79.4 cm³/mol. The first-order valence-electron chi connectivity index (χ1n) is 5.91. The van der Waals surface area contributed by atoms with Gasteiger partial charge in [-0.2, -0.15) is 0 Å². The number of nitrogens with one attached hydrogen (secondary N) is 1. The monoisotopic (exact) mass is 284 g/mol. The number of benzene rings is 1. The van der Waals surface area contributed by atoms with Gasteiger partial charge in [-0.3, -0.25) is 0 Å². The largest absolute Gasteiger partial charge is 0.389 e. The summed E-state index contributed by atoms with van der Waals surface area (Å²) in [5.74, 6) is 0. The molecule has 1 saturated heterocycles. The van der Waals surface area contributed by atoms with E-state index in [1.807, 2.05) is 12.1 Å². The number of ether oxygens (including phenoxy) is 1. The van der Waals surface area contributed by atoms with Crippen LogP contribution in [-0.2, 0) is 4.74 Å². The van der Waals surface area contributed by atoms with Crippen LogP contribution in [0.2, 0.25) is 5.02 Å². The molecular formula is C13H17ClN2OS. The smallest absolute Gasteiger partial charge is 0.104 e. The minimum atomic E-state index is -0.0889. The lowest BCUT2D eigenvalue weighted by Gasteiger charge is -2.30. The maximum absolute atomic E-state index is 6.24. The van der Waals surface area contributed by atoms with Crippen molar-refractivity contribution in [1.29, 1.82) is 0 Å². The van der Waals surface area contributed by atoms with Gasteiger partial charge in [0.15, 0.2) is 0 Å². The molecule has 18 heavy (non-hydrogen) atoms. The van der Waals surface area contributed by atoms with Crippen molar-refractivity contribution in [2.24, 2.45) is 5.73 Å². The molecule has 0 radical (unpaired) electrons. The average Bonchev–Trinajstić information content (AvgIpc) is 2.62. The van der Waals surface area contributed by atoms with E-state index in [1.54, 1.807) is 6.07 Å². The van der Waals surface area contributed by atoms with Crippen molar-refractivity contribution in [1.82, 2.24) is 0 Å². The molecule has 98 valence electrons. The Balaban J connectivity index is 2.22. The van der Waals surface area contributed by atoms with Crippen LogP contribution in [0.4, 0.5) is 5.69 Å². The highest BCUT2D eigenvalue weighted by Crippen LogP contribution is 2.32. The van der Waals surface area contributed by atoms with Crippen LogP contribution in [0.25, 0.3) is 0 Å². The fraction of sp³-hybridized carbons (Fsp3) is 0.462. The van der Waals surface area contributed by atoms with Crippen molar-refractivity contribution in [3.8, 4) is 0 Å². The Bertz CT molecular complexity index is 480. The van der Waals surface area contributed by atoms with Gasteiger partial charge in [-0.15, -0.1) is 0 Å². The molecule has 5 heteroatoms. The van der Waals surface area contributed by atoms with Crippen LogP contribution in [0.1, 0.15) is 25.8 Å². The molecule has 2 unspecified atom stereocenters. The van der Waals surface area contributed by atoms with Gasteiger partial charge in [0.05, 0.1) is 22.4 Å². The molecule has 1 fully saturated rings. The van der Waals surface area contributed by atoms with Gasteiger partial charge in [-0.25, -0.2) is 0 Å². The molecule has 0 spiro atoms. The SMILES string of the molecule is CC1OCCC1(C)Nc1ccc(C(N)=S)cc1Cl. The normalized spacial score (nSPS) is 27.2. The lowest BCUT2D eigenvalue weighted by atomic mass is 9.94. The molecule has 3 nitrogen and oxygen atoms in total. The number of halogens is 1. The van der Waals surface area contributed by atoms with Crippen molar-refractivity contribution in [2.75, 3.05) is 11.9 Å². The Labute approximate surface area is 118 Å². The highest BCUT2D eigenvalue weighted by molar-refractivity contribution is 7.80. The maximum atomic E-state index is 6.24. The second-order valence-corrected chi connectivity index (χ2v) is 5.71. The van der Waals surface area contributed by atoms with E-state index in [0.29, 0.717) is 10.0 Å². The number of anilines is 1. The van der Waals surface area contributed by atoms with E-state index in [-0.39, 0.29) is 11.6 Å². The molecule has 0 amide bonds. The molecular weight excluding hydrogens is 268 g/mol. The molecule has 1 aromatic carbocycles. The average molecular weight is 285 g/mol. The van der Waals surface area contributed by atoms with Gasteiger partial charge in [0.1, 0.15) is 4.99 Å². The van der Waals surface area contributed by atoms with E-state index >= 15 is 0 Å². The van der Waals surface area contributed by atoms with E-state index in [9.17, 15) is 0 Å². The topological polar surface area (TPSA) is 47.3 Å². The summed E-state index contributed by atoms with van der Waals surface area (Å²) >= 11 is 11.2. The number of rotatable bonds is 3. The van der Waals surface area contributed by atoms with Gasteiger partial charge in [0.25, 0.3) is 0 Å². The Morgan fingerprint density at radius 1 is 1.61 bits per heavy atom. The summed E-state index contributed by atoms with van der Waals surface area (Å²) in [5.41, 5.74) is 7.15. The second-order valence-electron chi connectivity index (χ2n) is 4.86. The zero-order chi connectivity index (χ0) is 13.3. The van der Waals surface area contributed by atoms with Crippen LogP contribution >= 0.6 is 23.8 Å². The van der Waals surface area contributed by atoms with Crippen molar-refractivity contribution in [3.05, 3.63) is 28.8 Å². The minimum absolute atomic E-state index is 0.0889. The van der Waals surface area contributed by atoms with Gasteiger partial charge in [-0.1, -0.05) is 23.8 Å². The molecule has 3 N–H and O–H groups in total. The van der Waals surface area contributed by atoms with Crippen LogP contribution in [0.15, 0.2) is 18.2 Å². The summed E-state index contributed by atoms with van der Waals surface area (Å²) < 4.78 is 5.60. The Hall–Kier alpha value is -0.840. The second kappa shape index (κ2) is 5.03. The van der Waals surface area contributed by atoms with Gasteiger partial charge in [0.2, 0.25) is 0 Å². The first-order valence-corrected chi connectivity index (χ1v) is 6.70. The zero-order valence-corrected chi connectivity index (χ0v) is 12.1. The summed E-state index contributed by atoms with van der Waals surface area (Å²) in [6.45, 7) is 4.98. The molecule has 0 saturated carbocycles. The Kier molecular flexibility index (Phi) is 3.80. The fourth-order valence-electron chi connectivity index (χ4n) is 2.08. The molecule has 2 rings (SSSR count).